The Balaban J connectivity index is 1.37. The maximum Gasteiger partial charge on any atom is 0.259 e. The quantitative estimate of drug-likeness (QED) is 0.434. The Kier molecular flexibility index (Phi) is 6.76. The fourth-order valence-electron chi connectivity index (χ4n) is 3.48. The van der Waals surface area contributed by atoms with Crippen LogP contribution in [-0.2, 0) is 9.53 Å². The number of amides is 1. The van der Waals surface area contributed by atoms with Gasteiger partial charge in [0.15, 0.2) is 11.9 Å². The summed E-state index contributed by atoms with van der Waals surface area (Å²) in [6, 6.07) is 13.5. The molecule has 0 radical (unpaired) electrons. The molecule has 0 bridgehead atoms. The molecule has 13 heteroatoms. The van der Waals surface area contributed by atoms with Crippen molar-refractivity contribution in [2.75, 3.05) is 28.6 Å². The molecule has 1 amide bonds. The summed E-state index contributed by atoms with van der Waals surface area (Å²) < 4.78 is 6.04. The van der Waals surface area contributed by atoms with Crippen molar-refractivity contribution in [1.82, 2.24) is 20.4 Å². The zero-order chi connectivity index (χ0) is 22.6. The van der Waals surface area contributed by atoms with E-state index in [1.54, 1.807) is 6.20 Å². The predicted molar refractivity (Wildman–Crippen MR) is 133 cm³/mol. The molecule has 3 heterocycles. The number of hydrogen-bond donors (Lipinski definition) is 2. The summed E-state index contributed by atoms with van der Waals surface area (Å²) in [5, 5.41) is 23.3. The van der Waals surface area contributed by atoms with Crippen LogP contribution in [-0.4, -0.2) is 74.3 Å². The summed E-state index contributed by atoms with van der Waals surface area (Å²) in [4.78, 5) is 15.2. The first-order valence-electron chi connectivity index (χ1n) is 10.5. The fourth-order valence-corrected chi connectivity index (χ4v) is 4.20. The number of benzene rings is 1. The van der Waals surface area contributed by atoms with Crippen LogP contribution >= 0.6 is 11.3 Å². The van der Waals surface area contributed by atoms with E-state index in [1.165, 1.54) is 11.3 Å². The molecule has 2 atom stereocenters. The summed E-state index contributed by atoms with van der Waals surface area (Å²) in [5.41, 5.74) is 0.790. The average molecular weight is 447 g/mol. The van der Waals surface area contributed by atoms with E-state index in [1.807, 2.05) is 66.0 Å². The first-order valence-corrected chi connectivity index (χ1v) is 11.4. The van der Waals surface area contributed by atoms with E-state index in [2.05, 4.69) is 35.9 Å². The number of rotatable bonds is 8. The number of anilines is 3. The van der Waals surface area contributed by atoms with Crippen LogP contribution in [0.3, 0.4) is 0 Å². The van der Waals surface area contributed by atoms with Crippen molar-refractivity contribution < 1.29 is 9.53 Å². The van der Waals surface area contributed by atoms with Crippen LogP contribution in [0.4, 0.5) is 16.1 Å². The fraction of sp³-hybridized carbons (Fsp3) is 0.316. The van der Waals surface area contributed by atoms with Crippen molar-refractivity contribution in [1.29, 1.82) is 0 Å². The van der Waals surface area contributed by atoms with Crippen LogP contribution in [0.1, 0.15) is 18.1 Å². The van der Waals surface area contributed by atoms with Gasteiger partial charge in [-0.1, -0.05) is 41.7 Å². The molecule has 2 aromatic heterocycles. The molecule has 9 nitrogen and oxygen atoms in total. The Morgan fingerprint density at radius 3 is 2.62 bits per heavy atom. The van der Waals surface area contributed by atoms with Crippen molar-refractivity contribution in [3.63, 3.8) is 0 Å². The van der Waals surface area contributed by atoms with Crippen molar-refractivity contribution in [3.8, 4) is 0 Å². The molecule has 4 rings (SSSR count). The van der Waals surface area contributed by atoms with Gasteiger partial charge in [0.25, 0.3) is 5.91 Å². The molecule has 162 valence electrons. The Morgan fingerprint density at radius 1 is 1.12 bits per heavy atom. The summed E-state index contributed by atoms with van der Waals surface area (Å²) in [6.45, 7) is 1.69. The second kappa shape index (κ2) is 9.70. The van der Waals surface area contributed by atoms with Gasteiger partial charge in [-0.2, -0.15) is 5.10 Å². The van der Waals surface area contributed by atoms with Gasteiger partial charge in [-0.25, -0.2) is 0 Å². The van der Waals surface area contributed by atoms with E-state index in [4.69, 9.17) is 4.74 Å². The first-order chi connectivity index (χ1) is 15.4. The van der Waals surface area contributed by atoms with E-state index in [9.17, 15) is 4.79 Å². The van der Waals surface area contributed by atoms with Crippen LogP contribution in [0.2, 0.25) is 0 Å². The lowest BCUT2D eigenvalue weighted by Gasteiger charge is -2.27. The third kappa shape index (κ3) is 5.86. The maximum atomic E-state index is 13.0. The van der Waals surface area contributed by atoms with Crippen LogP contribution in [0.5, 0.6) is 0 Å². The number of ether oxygens (including phenoxy) is 1. The zero-order valence-corrected chi connectivity index (χ0v) is 19.2. The van der Waals surface area contributed by atoms with Gasteiger partial charge in [-0.3, -0.25) is 10.1 Å². The average Bonchev–Trinajstić information content (AvgIpc) is 3.42. The molecule has 1 aliphatic heterocycles. The van der Waals surface area contributed by atoms with Gasteiger partial charge in [-0.05, 0) is 29.4 Å². The Bertz CT molecular complexity index is 1040. The van der Waals surface area contributed by atoms with E-state index in [0.29, 0.717) is 10.3 Å². The van der Waals surface area contributed by atoms with Crippen molar-refractivity contribution in [3.05, 3.63) is 54.2 Å². The van der Waals surface area contributed by atoms with Crippen molar-refractivity contribution in [2.45, 2.75) is 23.9 Å². The number of carbonyl (C=O) groups excluding carboxylic acids is 1. The van der Waals surface area contributed by atoms with Gasteiger partial charge < -0.3 is 15.0 Å². The van der Waals surface area contributed by atoms with Gasteiger partial charge in [0, 0.05) is 25.3 Å². The minimum Gasteiger partial charge on any atom is -0.383 e. The third-order valence-electron chi connectivity index (χ3n) is 4.87. The second-order valence-corrected chi connectivity index (χ2v) is 9.56. The van der Waals surface area contributed by atoms with Crippen LogP contribution < -0.4 is 15.5 Å². The van der Waals surface area contributed by atoms with Gasteiger partial charge in [0.1, 0.15) is 23.5 Å². The monoisotopic (exact) mass is 447 g/mol. The molecular weight excluding hydrogens is 423 g/mol. The van der Waals surface area contributed by atoms with Crippen molar-refractivity contribution in [2.24, 2.45) is 0 Å². The highest BCUT2D eigenvalue weighted by molar-refractivity contribution is 7.19. The first kappa shape index (κ1) is 22.3. The predicted octanol–water partition coefficient (Wildman–Crippen LogP) is -0.774. The van der Waals surface area contributed by atoms with E-state index in [-0.39, 0.29) is 11.9 Å². The van der Waals surface area contributed by atoms with E-state index in [0.717, 1.165) is 30.9 Å². The second-order valence-electron chi connectivity index (χ2n) is 8.58. The standard InChI is InChI=1S/C19H24B3N7O2S/c20-19(21,22)31-15(12-5-2-1-3-6-12)16(30)25-18-28-27-17(32-18)24-13-8-10-29(11-13)14-7-4-9-23-26-14/h1-7,9,13,15H,8,10-11,20-22H2,(H,24,27)(H,25,28,30)/t13-,15+/m1/s1. The molecule has 1 aromatic carbocycles. The number of nitrogens with zero attached hydrogens (tertiary/aromatic N) is 5. The Morgan fingerprint density at radius 2 is 1.91 bits per heavy atom. The molecule has 3 aromatic rings. The Hall–Kier alpha value is -2.92. The summed E-state index contributed by atoms with van der Waals surface area (Å²) in [5.74, 6) is 0.594. The summed E-state index contributed by atoms with van der Waals surface area (Å²) >= 11 is 1.31. The van der Waals surface area contributed by atoms with Gasteiger partial charge in [0.2, 0.25) is 10.3 Å². The van der Waals surface area contributed by atoms with Crippen LogP contribution in [0, 0.1) is 0 Å². The number of hydrogen-bond acceptors (Lipinski definition) is 9. The SMILES string of the molecule is BC(B)(B)O[C@H](C(=O)Nc1nnc(N[C@@H]2CCN(c3cccnn3)C2)s1)c1ccccc1. The van der Waals surface area contributed by atoms with Gasteiger partial charge in [-0.15, -0.1) is 15.3 Å². The lowest BCUT2D eigenvalue weighted by atomic mass is 9.52. The zero-order valence-electron chi connectivity index (χ0n) is 18.4. The van der Waals surface area contributed by atoms with Crippen LogP contribution in [0.15, 0.2) is 48.7 Å². The molecule has 0 aliphatic carbocycles. The van der Waals surface area contributed by atoms with Gasteiger partial charge >= 0.3 is 0 Å². The maximum absolute atomic E-state index is 13.0. The molecule has 2 N–H and O–H groups in total. The summed E-state index contributed by atoms with van der Waals surface area (Å²) in [6.07, 6.45) is 1.88. The van der Waals surface area contributed by atoms with E-state index >= 15 is 0 Å². The van der Waals surface area contributed by atoms with Crippen molar-refractivity contribution >= 4 is 56.9 Å². The minimum atomic E-state index is -0.744. The number of nitrogens with one attached hydrogen (secondary N) is 2. The highest BCUT2D eigenvalue weighted by Crippen LogP contribution is 2.27. The highest BCUT2D eigenvalue weighted by atomic mass is 32.1. The topological polar surface area (TPSA) is 105 Å². The van der Waals surface area contributed by atoms with Gasteiger partial charge in [0.05, 0.1) is 0 Å². The molecule has 0 spiro atoms. The smallest absolute Gasteiger partial charge is 0.259 e. The summed E-state index contributed by atoms with van der Waals surface area (Å²) in [7, 11) is 5.78. The molecule has 1 fully saturated rings. The molecular formula is C19H24B3N7O2S. The Labute approximate surface area is 193 Å². The van der Waals surface area contributed by atoms with Crippen LogP contribution in [0.25, 0.3) is 0 Å². The lowest BCUT2D eigenvalue weighted by molar-refractivity contribution is -0.128. The normalized spacial score (nSPS) is 17.1. The van der Waals surface area contributed by atoms with E-state index < -0.39 is 11.4 Å². The number of aromatic nitrogens is 4. The minimum absolute atomic E-state index is 0.217. The highest BCUT2D eigenvalue weighted by Gasteiger charge is 2.28. The molecule has 32 heavy (non-hydrogen) atoms. The lowest BCUT2D eigenvalue weighted by Crippen LogP contribution is -2.39. The number of carbonyl (C=O) groups is 1. The third-order valence-corrected chi connectivity index (χ3v) is 5.63. The largest absolute Gasteiger partial charge is 0.383 e. The molecule has 1 saturated heterocycles. The molecule has 1 aliphatic rings. The molecule has 0 saturated carbocycles. The molecule has 0 unspecified atom stereocenters.